The fraction of sp³-hybridized carbons (Fsp3) is 0.786. The molecule has 1 heterocycles. The van der Waals surface area contributed by atoms with Crippen LogP contribution in [0.4, 0.5) is 13.6 Å². The molecule has 1 fully saturated rings. The van der Waals surface area contributed by atoms with Crippen LogP contribution < -0.4 is 0 Å². The Morgan fingerprint density at radius 1 is 1.42 bits per heavy atom. The number of rotatable bonds is 1. The molecule has 0 aromatic carbocycles. The zero-order chi connectivity index (χ0) is 14.3. The van der Waals surface area contributed by atoms with Gasteiger partial charge in [-0.2, -0.15) is 0 Å². The average molecular weight is 273 g/mol. The van der Waals surface area contributed by atoms with Crippen molar-refractivity contribution >= 4 is 6.09 Å². The molecule has 108 valence electrons. The molecule has 1 saturated heterocycles. The van der Waals surface area contributed by atoms with Crippen LogP contribution in [0.25, 0.3) is 0 Å². The maximum absolute atomic E-state index is 13.0. The molecule has 19 heavy (non-hydrogen) atoms. The highest BCUT2D eigenvalue weighted by molar-refractivity contribution is 5.69. The zero-order valence-corrected chi connectivity index (χ0v) is 11.7. The summed E-state index contributed by atoms with van der Waals surface area (Å²) in [6, 6.07) is 0. The predicted molar refractivity (Wildman–Crippen MR) is 68.2 cm³/mol. The van der Waals surface area contributed by atoms with Crippen molar-refractivity contribution in [1.82, 2.24) is 4.90 Å². The van der Waals surface area contributed by atoms with E-state index in [1.165, 1.54) is 0 Å². The van der Waals surface area contributed by atoms with E-state index in [4.69, 9.17) is 4.74 Å². The lowest BCUT2D eigenvalue weighted by atomic mass is 9.83. The number of halogens is 2. The van der Waals surface area contributed by atoms with E-state index in [1.807, 2.05) is 20.8 Å². The monoisotopic (exact) mass is 273 g/mol. The molecule has 0 N–H and O–H groups in total. The van der Waals surface area contributed by atoms with Gasteiger partial charge in [0.2, 0.25) is 0 Å². The van der Waals surface area contributed by atoms with Crippen LogP contribution >= 0.6 is 0 Å². The van der Waals surface area contributed by atoms with Gasteiger partial charge in [0, 0.05) is 31.8 Å². The van der Waals surface area contributed by atoms with Gasteiger partial charge < -0.3 is 9.64 Å². The zero-order valence-electron chi connectivity index (χ0n) is 11.7. The highest BCUT2D eigenvalue weighted by Gasteiger charge is 2.39. The molecule has 5 heteroatoms. The highest BCUT2D eigenvalue weighted by Crippen LogP contribution is 2.37. The van der Waals surface area contributed by atoms with Crippen molar-refractivity contribution in [1.29, 1.82) is 0 Å². The molecule has 0 atom stereocenters. The van der Waals surface area contributed by atoms with Gasteiger partial charge in [0.1, 0.15) is 5.60 Å². The number of carbonyl (C=O) groups excluding carboxylic acids is 1. The van der Waals surface area contributed by atoms with Crippen LogP contribution in [0.5, 0.6) is 0 Å². The van der Waals surface area contributed by atoms with E-state index in [1.54, 1.807) is 11.0 Å². The van der Waals surface area contributed by atoms with Gasteiger partial charge in [-0.1, -0.05) is 11.6 Å². The summed E-state index contributed by atoms with van der Waals surface area (Å²) in [7, 11) is 0. The number of amides is 1. The van der Waals surface area contributed by atoms with Gasteiger partial charge in [-0.3, -0.25) is 0 Å². The maximum Gasteiger partial charge on any atom is 0.410 e. The summed E-state index contributed by atoms with van der Waals surface area (Å²) in [6.07, 6.45) is 1.55. The van der Waals surface area contributed by atoms with Crippen LogP contribution in [-0.2, 0) is 4.74 Å². The lowest BCUT2D eigenvalue weighted by Crippen LogP contribution is -2.52. The van der Waals surface area contributed by atoms with Gasteiger partial charge in [-0.05, 0) is 27.2 Å². The molecule has 1 aliphatic carbocycles. The van der Waals surface area contributed by atoms with Crippen LogP contribution in [0, 0.1) is 5.92 Å². The van der Waals surface area contributed by atoms with Crippen molar-refractivity contribution in [3.05, 3.63) is 11.6 Å². The summed E-state index contributed by atoms with van der Waals surface area (Å²) in [5, 5.41) is 0. The summed E-state index contributed by atoms with van der Waals surface area (Å²) in [4.78, 5) is 13.4. The number of ether oxygens (including phenoxy) is 1. The predicted octanol–water partition coefficient (Wildman–Crippen LogP) is 3.60. The second-order valence-electron chi connectivity index (χ2n) is 6.42. The standard InChI is InChI=1S/C14H21F2NO2/c1-13(2,3)19-12(18)17-8-11(9-17)10-4-6-14(15,16)7-5-10/h4,11H,5-9H2,1-3H3. The average Bonchev–Trinajstić information content (AvgIpc) is 2.15. The summed E-state index contributed by atoms with van der Waals surface area (Å²) < 4.78 is 31.3. The van der Waals surface area contributed by atoms with Crippen molar-refractivity contribution in [3.63, 3.8) is 0 Å². The molecule has 0 bridgehead atoms. The van der Waals surface area contributed by atoms with E-state index in [9.17, 15) is 13.6 Å². The molecule has 3 nitrogen and oxygen atoms in total. The normalized spacial score (nSPS) is 23.6. The largest absolute Gasteiger partial charge is 0.444 e. The number of hydrogen-bond acceptors (Lipinski definition) is 2. The molecule has 1 amide bonds. The van der Waals surface area contributed by atoms with E-state index in [0.29, 0.717) is 19.5 Å². The van der Waals surface area contributed by atoms with Crippen LogP contribution in [0.2, 0.25) is 0 Å². The Morgan fingerprint density at radius 3 is 2.53 bits per heavy atom. The number of alkyl halides is 2. The van der Waals surface area contributed by atoms with Crippen molar-refractivity contribution in [2.24, 2.45) is 5.92 Å². The lowest BCUT2D eigenvalue weighted by Gasteiger charge is -2.42. The van der Waals surface area contributed by atoms with Crippen molar-refractivity contribution < 1.29 is 18.3 Å². The molecule has 2 rings (SSSR count). The summed E-state index contributed by atoms with van der Waals surface area (Å²) in [5.41, 5.74) is 0.583. The first-order valence-electron chi connectivity index (χ1n) is 6.71. The topological polar surface area (TPSA) is 29.5 Å². The molecule has 0 radical (unpaired) electrons. The third-order valence-corrected chi connectivity index (χ3v) is 3.50. The molecule has 0 aromatic rings. The second-order valence-corrected chi connectivity index (χ2v) is 6.42. The Hall–Kier alpha value is -1.13. The van der Waals surface area contributed by atoms with Gasteiger partial charge in [0.15, 0.2) is 0 Å². The van der Waals surface area contributed by atoms with Crippen LogP contribution in [0.3, 0.4) is 0 Å². The SMILES string of the molecule is CC(C)(C)OC(=O)N1CC(C2=CCC(F)(F)CC2)C1. The minimum absolute atomic E-state index is 0.0677. The highest BCUT2D eigenvalue weighted by atomic mass is 19.3. The number of allylic oxidation sites excluding steroid dienone is 1. The van der Waals surface area contributed by atoms with E-state index in [-0.39, 0.29) is 24.9 Å². The number of likely N-dealkylation sites (tertiary alicyclic amines) is 1. The van der Waals surface area contributed by atoms with E-state index >= 15 is 0 Å². The summed E-state index contributed by atoms with van der Waals surface area (Å²) in [6.45, 7) is 6.66. The first-order valence-corrected chi connectivity index (χ1v) is 6.71. The van der Waals surface area contributed by atoms with Crippen molar-refractivity contribution in [3.8, 4) is 0 Å². The molecule has 1 aliphatic heterocycles. The van der Waals surface area contributed by atoms with E-state index in [2.05, 4.69) is 0 Å². The molecular formula is C14H21F2NO2. The Morgan fingerprint density at radius 2 is 2.05 bits per heavy atom. The minimum atomic E-state index is -2.54. The van der Waals surface area contributed by atoms with Crippen LogP contribution in [0.15, 0.2) is 11.6 Å². The number of hydrogen-bond donors (Lipinski definition) is 0. The first kappa shape index (κ1) is 14.3. The molecule has 0 saturated carbocycles. The van der Waals surface area contributed by atoms with Gasteiger partial charge in [0.05, 0.1) is 0 Å². The van der Waals surface area contributed by atoms with Gasteiger partial charge in [0.25, 0.3) is 5.92 Å². The van der Waals surface area contributed by atoms with E-state index < -0.39 is 11.5 Å². The van der Waals surface area contributed by atoms with Crippen LogP contribution in [-0.4, -0.2) is 35.6 Å². The maximum atomic E-state index is 13.0. The fourth-order valence-corrected chi connectivity index (χ4v) is 2.37. The summed E-state index contributed by atoms with van der Waals surface area (Å²) in [5.74, 6) is -2.30. The van der Waals surface area contributed by atoms with Crippen molar-refractivity contribution in [2.75, 3.05) is 13.1 Å². The first-order chi connectivity index (χ1) is 8.66. The number of nitrogens with zero attached hydrogens (tertiary/aromatic N) is 1. The van der Waals surface area contributed by atoms with Crippen LogP contribution in [0.1, 0.15) is 40.0 Å². The minimum Gasteiger partial charge on any atom is -0.444 e. The Bertz CT molecular complexity index is 393. The molecular weight excluding hydrogens is 252 g/mol. The molecule has 0 spiro atoms. The Balaban J connectivity index is 1.81. The smallest absolute Gasteiger partial charge is 0.410 e. The third-order valence-electron chi connectivity index (χ3n) is 3.50. The second kappa shape index (κ2) is 4.76. The molecule has 2 aliphatic rings. The third kappa shape index (κ3) is 3.67. The summed E-state index contributed by atoms with van der Waals surface area (Å²) >= 11 is 0. The van der Waals surface area contributed by atoms with E-state index in [0.717, 1.165) is 5.57 Å². The van der Waals surface area contributed by atoms with Gasteiger partial charge in [-0.15, -0.1) is 0 Å². The fourth-order valence-electron chi connectivity index (χ4n) is 2.37. The van der Waals surface area contributed by atoms with Gasteiger partial charge >= 0.3 is 6.09 Å². The van der Waals surface area contributed by atoms with Gasteiger partial charge in [-0.25, -0.2) is 13.6 Å². The lowest BCUT2D eigenvalue weighted by molar-refractivity contribution is -0.0156. The Labute approximate surface area is 112 Å². The number of carbonyl (C=O) groups is 1. The quantitative estimate of drug-likeness (QED) is 0.683. The Kier molecular flexibility index (Phi) is 3.58. The van der Waals surface area contributed by atoms with Crippen molar-refractivity contribution in [2.45, 2.75) is 51.6 Å². The molecule has 0 aromatic heterocycles. The molecule has 0 unspecified atom stereocenters.